The normalized spacial score (nSPS) is 10.8. The number of fused-ring (bicyclic) bond motifs is 1. The molecule has 0 saturated carbocycles. The van der Waals surface area contributed by atoms with Crippen molar-refractivity contribution in [3.05, 3.63) is 99.4 Å². The van der Waals surface area contributed by atoms with Gasteiger partial charge in [0.05, 0.1) is 0 Å². The Hall–Kier alpha value is -3.37. The summed E-state index contributed by atoms with van der Waals surface area (Å²) in [5, 5.41) is 1.38. The maximum absolute atomic E-state index is 12.4. The van der Waals surface area contributed by atoms with Crippen molar-refractivity contribution in [2.24, 2.45) is 0 Å². The van der Waals surface area contributed by atoms with Gasteiger partial charge in [-0.15, -0.1) is 0 Å². The molecule has 0 fully saturated rings. The summed E-state index contributed by atoms with van der Waals surface area (Å²) in [7, 11) is 0. The third kappa shape index (κ3) is 3.93. The summed E-state index contributed by atoms with van der Waals surface area (Å²) in [6.07, 6.45) is 0. The molecule has 0 bridgehead atoms. The second kappa shape index (κ2) is 7.94. The molecular weight excluding hydrogens is 388 g/mol. The molecule has 3 aromatic carbocycles. The Kier molecular flexibility index (Phi) is 5.19. The van der Waals surface area contributed by atoms with Crippen LogP contribution in [0.2, 0.25) is 5.02 Å². The average molecular weight is 405 g/mol. The van der Waals surface area contributed by atoms with Gasteiger partial charge in [-0.3, -0.25) is 4.79 Å². The predicted molar refractivity (Wildman–Crippen MR) is 114 cm³/mol. The van der Waals surface area contributed by atoms with Crippen LogP contribution in [0.4, 0.5) is 0 Å². The molecule has 5 heteroatoms. The minimum absolute atomic E-state index is 0.128. The molecule has 4 rings (SSSR count). The summed E-state index contributed by atoms with van der Waals surface area (Å²) in [4.78, 5) is 24.5. The minimum atomic E-state index is -0.436. The van der Waals surface area contributed by atoms with E-state index in [4.69, 9.17) is 20.8 Å². The number of ketones is 1. The number of ether oxygens (including phenoxy) is 1. The molecule has 4 aromatic rings. The van der Waals surface area contributed by atoms with E-state index in [0.717, 1.165) is 16.5 Å². The van der Waals surface area contributed by atoms with Gasteiger partial charge in [0.1, 0.15) is 11.3 Å². The topological polar surface area (TPSA) is 56.5 Å². The summed E-state index contributed by atoms with van der Waals surface area (Å²) in [6.45, 7) is 1.68. The third-order valence-electron chi connectivity index (χ3n) is 4.72. The van der Waals surface area contributed by atoms with Gasteiger partial charge >= 0.3 is 5.63 Å². The fraction of sp³-hybridized carbons (Fsp3) is 0.0833. The lowest BCUT2D eigenvalue weighted by Crippen LogP contribution is -2.12. The van der Waals surface area contributed by atoms with E-state index in [1.807, 2.05) is 43.3 Å². The zero-order chi connectivity index (χ0) is 20.4. The van der Waals surface area contributed by atoms with E-state index in [-0.39, 0.29) is 12.4 Å². The molecule has 0 saturated heterocycles. The molecule has 144 valence electrons. The summed E-state index contributed by atoms with van der Waals surface area (Å²) >= 11 is 5.86. The molecule has 1 heterocycles. The minimum Gasteiger partial charge on any atom is -0.485 e. The average Bonchev–Trinajstić information content (AvgIpc) is 2.74. The number of carbonyl (C=O) groups is 1. The van der Waals surface area contributed by atoms with Crippen molar-refractivity contribution in [3.63, 3.8) is 0 Å². The molecule has 4 nitrogen and oxygen atoms in total. The number of halogens is 1. The fourth-order valence-corrected chi connectivity index (χ4v) is 3.34. The maximum Gasteiger partial charge on any atom is 0.336 e. The molecule has 0 aliphatic carbocycles. The van der Waals surface area contributed by atoms with Gasteiger partial charge in [-0.25, -0.2) is 4.79 Å². The zero-order valence-electron chi connectivity index (χ0n) is 15.6. The van der Waals surface area contributed by atoms with Crippen molar-refractivity contribution in [2.45, 2.75) is 6.92 Å². The van der Waals surface area contributed by atoms with Crippen LogP contribution in [0.5, 0.6) is 5.75 Å². The van der Waals surface area contributed by atoms with E-state index in [0.29, 0.717) is 27.5 Å². The van der Waals surface area contributed by atoms with E-state index in [1.165, 1.54) is 6.07 Å². The highest BCUT2D eigenvalue weighted by atomic mass is 35.5. The lowest BCUT2D eigenvalue weighted by molar-refractivity contribution is 0.0921. The van der Waals surface area contributed by atoms with Crippen molar-refractivity contribution in [1.82, 2.24) is 0 Å². The lowest BCUT2D eigenvalue weighted by Gasteiger charge is -2.12. The van der Waals surface area contributed by atoms with E-state index in [9.17, 15) is 9.59 Å². The molecule has 0 radical (unpaired) electrons. The number of rotatable bonds is 5. The molecule has 1 aromatic heterocycles. The van der Waals surface area contributed by atoms with Crippen molar-refractivity contribution in [2.75, 3.05) is 6.61 Å². The number of aryl methyl sites for hydroxylation is 1. The van der Waals surface area contributed by atoms with Gasteiger partial charge in [0.15, 0.2) is 12.4 Å². The number of benzene rings is 3. The maximum atomic E-state index is 12.4. The first-order valence-electron chi connectivity index (χ1n) is 9.07. The van der Waals surface area contributed by atoms with Gasteiger partial charge in [-0.2, -0.15) is 0 Å². The van der Waals surface area contributed by atoms with E-state index in [1.54, 1.807) is 30.3 Å². The quantitative estimate of drug-likeness (QED) is 0.317. The SMILES string of the molecule is Cc1c(OCC(=O)c2ccc(Cl)cc2)ccc2c(-c3ccccc3)cc(=O)oc12. The van der Waals surface area contributed by atoms with Crippen molar-refractivity contribution in [3.8, 4) is 16.9 Å². The fourth-order valence-electron chi connectivity index (χ4n) is 3.22. The Morgan fingerprint density at radius 1 is 1.00 bits per heavy atom. The number of carbonyl (C=O) groups excluding carboxylic acids is 1. The van der Waals surface area contributed by atoms with Crippen LogP contribution in [-0.4, -0.2) is 12.4 Å². The van der Waals surface area contributed by atoms with Crippen LogP contribution < -0.4 is 10.4 Å². The highest BCUT2D eigenvalue weighted by Gasteiger charge is 2.14. The van der Waals surface area contributed by atoms with Gasteiger partial charge in [0.25, 0.3) is 0 Å². The van der Waals surface area contributed by atoms with Crippen LogP contribution in [0.1, 0.15) is 15.9 Å². The van der Waals surface area contributed by atoms with Crippen LogP contribution in [0.3, 0.4) is 0 Å². The Labute approximate surface area is 172 Å². The molecule has 0 spiro atoms. The van der Waals surface area contributed by atoms with E-state index in [2.05, 4.69) is 0 Å². The summed E-state index contributed by atoms with van der Waals surface area (Å²) < 4.78 is 11.2. The van der Waals surface area contributed by atoms with E-state index >= 15 is 0 Å². The molecule has 0 aliphatic rings. The molecule has 0 amide bonds. The lowest BCUT2D eigenvalue weighted by atomic mass is 10.0. The van der Waals surface area contributed by atoms with Crippen LogP contribution in [0.15, 0.2) is 82.0 Å². The Morgan fingerprint density at radius 2 is 1.72 bits per heavy atom. The monoisotopic (exact) mass is 404 g/mol. The molecule has 0 atom stereocenters. The molecule has 29 heavy (non-hydrogen) atoms. The first-order valence-corrected chi connectivity index (χ1v) is 9.45. The largest absolute Gasteiger partial charge is 0.485 e. The van der Waals surface area contributed by atoms with E-state index < -0.39 is 5.63 Å². The van der Waals surface area contributed by atoms with Crippen LogP contribution in [0.25, 0.3) is 22.1 Å². The Bertz CT molecular complexity index is 1240. The van der Waals surface area contributed by atoms with Crippen molar-refractivity contribution >= 4 is 28.4 Å². The molecule has 0 N–H and O–H groups in total. The smallest absolute Gasteiger partial charge is 0.336 e. The summed E-state index contributed by atoms with van der Waals surface area (Å²) in [5.74, 6) is 0.328. The predicted octanol–water partition coefficient (Wildman–Crippen LogP) is 5.68. The van der Waals surface area contributed by atoms with Crippen LogP contribution in [0, 0.1) is 6.92 Å². The highest BCUT2D eigenvalue weighted by molar-refractivity contribution is 6.30. The molecule has 0 aliphatic heterocycles. The first kappa shape index (κ1) is 19.0. The first-order chi connectivity index (χ1) is 14.0. The van der Waals surface area contributed by atoms with Crippen molar-refractivity contribution in [1.29, 1.82) is 0 Å². The Balaban J connectivity index is 1.67. The standard InChI is InChI=1S/C24H17ClO4/c1-15-22(28-14-21(26)17-7-9-18(25)10-8-17)12-11-19-20(13-23(27)29-24(15)19)16-5-3-2-4-6-16/h2-13H,14H2,1H3. The second-order valence-electron chi connectivity index (χ2n) is 6.63. The third-order valence-corrected chi connectivity index (χ3v) is 4.97. The van der Waals surface area contributed by atoms with Gasteiger partial charge < -0.3 is 9.15 Å². The Morgan fingerprint density at radius 3 is 2.45 bits per heavy atom. The summed E-state index contributed by atoms with van der Waals surface area (Å²) in [6, 6.07) is 21.4. The van der Waals surface area contributed by atoms with Gasteiger partial charge in [0, 0.05) is 27.6 Å². The van der Waals surface area contributed by atoms with Crippen LogP contribution in [-0.2, 0) is 0 Å². The van der Waals surface area contributed by atoms with Gasteiger partial charge in [0.2, 0.25) is 0 Å². The number of Topliss-reactive ketones (excluding diaryl/α,β-unsaturated/α-hetero) is 1. The number of hydrogen-bond donors (Lipinski definition) is 0. The molecule has 0 unspecified atom stereocenters. The van der Waals surface area contributed by atoms with Gasteiger partial charge in [-0.1, -0.05) is 41.9 Å². The van der Waals surface area contributed by atoms with Crippen LogP contribution >= 0.6 is 11.6 Å². The zero-order valence-corrected chi connectivity index (χ0v) is 16.4. The highest BCUT2D eigenvalue weighted by Crippen LogP contribution is 2.33. The molecular formula is C24H17ClO4. The second-order valence-corrected chi connectivity index (χ2v) is 7.07. The summed E-state index contributed by atoms with van der Waals surface area (Å²) in [5.41, 5.74) is 2.92. The number of hydrogen-bond acceptors (Lipinski definition) is 4. The van der Waals surface area contributed by atoms with Gasteiger partial charge in [-0.05, 0) is 54.4 Å². The van der Waals surface area contributed by atoms with Crippen molar-refractivity contribution < 1.29 is 13.9 Å².